The lowest BCUT2D eigenvalue weighted by Gasteiger charge is -2.58. The summed E-state index contributed by atoms with van der Waals surface area (Å²) in [6, 6.07) is 0. The van der Waals surface area contributed by atoms with Gasteiger partial charge in [0.15, 0.2) is 6.29 Å². The molecule has 7 rings (SSSR count). The topological polar surface area (TPSA) is 121 Å². The van der Waals surface area contributed by atoms with Gasteiger partial charge in [0.05, 0.1) is 0 Å². The van der Waals surface area contributed by atoms with Gasteiger partial charge in [-0.05, 0) is 103 Å². The van der Waals surface area contributed by atoms with E-state index in [1.165, 1.54) is 18.5 Å². The minimum Gasteiger partial charge on any atom is -0.368 e. The lowest BCUT2D eigenvalue weighted by molar-refractivity contribution is -0.152. The maximum Gasteiger partial charge on any atom is 0.224 e. The maximum absolute atomic E-state index is 12.8. The van der Waals surface area contributed by atoms with Crippen LogP contribution < -0.4 is 5.32 Å². The molecule has 0 aromatic heterocycles. The van der Waals surface area contributed by atoms with E-state index in [-0.39, 0.29) is 40.3 Å². The maximum atomic E-state index is 12.8. The number of amides is 1. The average Bonchev–Trinajstić information content (AvgIpc) is 3.44. The summed E-state index contributed by atoms with van der Waals surface area (Å²) < 4.78 is 0. The van der Waals surface area contributed by atoms with Crippen LogP contribution in [0.3, 0.4) is 0 Å². The van der Waals surface area contributed by atoms with Gasteiger partial charge in [-0.3, -0.25) is 19.2 Å². The summed E-state index contributed by atoms with van der Waals surface area (Å²) in [5, 5.41) is 21.7. The Hall–Kier alpha value is -1.86. The number of piperidine rings is 1. The van der Waals surface area contributed by atoms with Gasteiger partial charge in [-0.15, -0.1) is 0 Å². The Balaban J connectivity index is 0.000000159. The van der Waals surface area contributed by atoms with Crippen molar-refractivity contribution in [3.05, 3.63) is 11.8 Å². The SMILES string of the molecule is C[C@H]1C=C2NC(=O)CC[C@]2(C)C2CC[C@]3(C)CC(=O)CC3C21.C[C@H]1CC(=O)[C@](C)(CCC(O)O)C2CC[C@]3(C)CC(=O)CC3C21. The van der Waals surface area contributed by atoms with Gasteiger partial charge >= 0.3 is 0 Å². The number of aliphatic hydroxyl groups is 2. The van der Waals surface area contributed by atoms with Crippen molar-refractivity contribution in [2.75, 3.05) is 0 Å². The second-order valence-corrected chi connectivity index (χ2v) is 17.8. The molecule has 5 saturated carbocycles. The van der Waals surface area contributed by atoms with Gasteiger partial charge in [-0.1, -0.05) is 47.6 Å². The number of nitrogens with one attached hydrogen (secondary N) is 1. The second-order valence-electron chi connectivity index (χ2n) is 17.8. The van der Waals surface area contributed by atoms with E-state index in [1.807, 2.05) is 6.92 Å². The quantitative estimate of drug-likeness (QED) is 0.324. The van der Waals surface area contributed by atoms with E-state index in [1.54, 1.807) is 0 Å². The fraction of sp³-hybridized carbons (Fsp3) is 0.842. The van der Waals surface area contributed by atoms with Crippen LogP contribution in [0.2, 0.25) is 0 Å². The van der Waals surface area contributed by atoms with Crippen molar-refractivity contribution >= 4 is 23.3 Å². The number of aliphatic hydroxyl groups excluding tert-OH is 1. The standard InChI is InChI=1S/C19H27NO2.C19H30O4/c1-11-8-15-19(3,7-5-16(22)20-15)13-4-6-18(2)10-12(21)9-14(18)17(11)13;1-11-8-15(21)19(3,7-5-16(22)23)13-4-6-18(2)10-12(20)9-14(18)17(11)13/h8,11,13-14,17H,4-7,9-10H2,1-3H3,(H,20,22);11,13-14,16-17,22-23H,4-10H2,1-3H3/t2*11-,13?,14?,17?,18+,19+/m00/s1. The first-order valence-corrected chi connectivity index (χ1v) is 18.0. The second kappa shape index (κ2) is 11.4. The molecule has 3 N–H and O–H groups in total. The molecular weight excluding hydrogens is 566 g/mol. The first-order valence-electron chi connectivity index (χ1n) is 18.0. The third-order valence-corrected chi connectivity index (χ3v) is 15.0. The normalized spacial score (nSPS) is 48.7. The van der Waals surface area contributed by atoms with Gasteiger partial charge in [0.1, 0.15) is 17.3 Å². The molecule has 7 aliphatic rings. The van der Waals surface area contributed by atoms with Crippen LogP contribution >= 0.6 is 0 Å². The van der Waals surface area contributed by atoms with Crippen LogP contribution in [0.15, 0.2) is 11.8 Å². The summed E-state index contributed by atoms with van der Waals surface area (Å²) in [5.74, 6) is 4.95. The van der Waals surface area contributed by atoms with Crippen molar-refractivity contribution < 1.29 is 29.4 Å². The Morgan fingerprint density at radius 3 is 1.98 bits per heavy atom. The van der Waals surface area contributed by atoms with E-state index >= 15 is 0 Å². The van der Waals surface area contributed by atoms with Crippen molar-refractivity contribution in [1.82, 2.24) is 5.32 Å². The van der Waals surface area contributed by atoms with Gasteiger partial charge in [0.2, 0.25) is 5.91 Å². The van der Waals surface area contributed by atoms with E-state index < -0.39 is 11.7 Å². The molecule has 1 saturated heterocycles. The lowest BCUT2D eigenvalue weighted by Crippen LogP contribution is -2.54. The van der Waals surface area contributed by atoms with Crippen LogP contribution in [0.1, 0.15) is 125 Å². The number of hydrogen-bond acceptors (Lipinski definition) is 6. The zero-order valence-electron chi connectivity index (χ0n) is 28.5. The summed E-state index contributed by atoms with van der Waals surface area (Å²) in [4.78, 5) is 48.8. The highest BCUT2D eigenvalue weighted by atomic mass is 16.5. The zero-order chi connectivity index (χ0) is 32.7. The minimum absolute atomic E-state index is 0.109. The molecule has 6 fully saturated rings. The van der Waals surface area contributed by atoms with E-state index in [4.69, 9.17) is 0 Å². The molecule has 45 heavy (non-hydrogen) atoms. The highest BCUT2D eigenvalue weighted by Crippen LogP contribution is 2.65. The van der Waals surface area contributed by atoms with Gasteiger partial charge in [0, 0.05) is 55.1 Å². The minimum atomic E-state index is -1.35. The van der Waals surface area contributed by atoms with Gasteiger partial charge in [-0.25, -0.2) is 0 Å². The molecule has 1 amide bonds. The molecule has 6 aliphatic carbocycles. The molecular formula is C38H57NO6. The Bertz CT molecular complexity index is 1290. The van der Waals surface area contributed by atoms with Gasteiger partial charge < -0.3 is 15.5 Å². The molecule has 0 bridgehead atoms. The van der Waals surface area contributed by atoms with Crippen molar-refractivity contribution in [3.8, 4) is 0 Å². The van der Waals surface area contributed by atoms with Crippen LogP contribution in [0, 0.1) is 69.0 Å². The van der Waals surface area contributed by atoms with Crippen LogP contribution in [-0.2, 0) is 19.2 Å². The summed E-state index contributed by atoms with van der Waals surface area (Å²) >= 11 is 0. The molecule has 0 aromatic carbocycles. The van der Waals surface area contributed by atoms with Crippen molar-refractivity contribution in [3.63, 3.8) is 0 Å². The van der Waals surface area contributed by atoms with Gasteiger partial charge in [-0.2, -0.15) is 0 Å². The van der Waals surface area contributed by atoms with Crippen LogP contribution in [0.25, 0.3) is 0 Å². The molecule has 0 aromatic rings. The highest BCUT2D eigenvalue weighted by Gasteiger charge is 2.61. The van der Waals surface area contributed by atoms with E-state index in [0.29, 0.717) is 85.1 Å². The predicted octanol–water partition coefficient (Wildman–Crippen LogP) is 6.15. The van der Waals surface area contributed by atoms with E-state index in [0.717, 1.165) is 32.1 Å². The summed E-state index contributed by atoms with van der Waals surface area (Å²) in [6.07, 6.45) is 11.3. The fourth-order valence-electron chi connectivity index (χ4n) is 12.4. The lowest BCUT2D eigenvalue weighted by atomic mass is 9.47. The van der Waals surface area contributed by atoms with Gasteiger partial charge in [0.25, 0.3) is 0 Å². The number of hydrogen-bond donors (Lipinski definition) is 3. The number of rotatable bonds is 3. The number of carbonyl (C=O) groups is 4. The number of ketones is 3. The molecule has 7 nitrogen and oxygen atoms in total. The van der Waals surface area contributed by atoms with Crippen molar-refractivity contribution in [2.24, 2.45) is 69.0 Å². The molecule has 0 spiro atoms. The summed E-state index contributed by atoms with van der Waals surface area (Å²) in [7, 11) is 0. The van der Waals surface area contributed by atoms with E-state index in [9.17, 15) is 29.4 Å². The first kappa shape index (κ1) is 33.1. The monoisotopic (exact) mass is 623 g/mol. The molecule has 0 radical (unpaired) electrons. The Morgan fingerprint density at radius 2 is 1.38 bits per heavy atom. The van der Waals surface area contributed by atoms with Crippen LogP contribution in [0.5, 0.6) is 0 Å². The smallest absolute Gasteiger partial charge is 0.224 e. The summed E-state index contributed by atoms with van der Waals surface area (Å²) in [5.41, 5.74) is 1.16. The molecule has 1 aliphatic heterocycles. The third-order valence-electron chi connectivity index (χ3n) is 15.0. The van der Waals surface area contributed by atoms with E-state index in [2.05, 4.69) is 46.0 Å². The van der Waals surface area contributed by atoms with Crippen LogP contribution in [0.4, 0.5) is 0 Å². The average molecular weight is 624 g/mol. The molecule has 250 valence electrons. The first-order chi connectivity index (χ1) is 21.0. The Morgan fingerprint density at radius 1 is 0.800 bits per heavy atom. The Kier molecular flexibility index (Phi) is 8.37. The number of Topliss-reactive ketones (excluding diaryl/α,β-unsaturated/α-hetero) is 3. The molecule has 7 heteroatoms. The van der Waals surface area contributed by atoms with Crippen molar-refractivity contribution in [2.45, 2.75) is 131 Å². The number of allylic oxidation sites excluding steroid dienone is 2. The largest absolute Gasteiger partial charge is 0.368 e. The van der Waals surface area contributed by atoms with Crippen molar-refractivity contribution in [1.29, 1.82) is 0 Å². The zero-order valence-corrected chi connectivity index (χ0v) is 28.5. The highest BCUT2D eigenvalue weighted by molar-refractivity contribution is 5.87. The Labute approximate surface area is 269 Å². The molecule has 6 unspecified atom stereocenters. The molecule has 1 heterocycles. The number of carbonyl (C=O) groups excluding carboxylic acids is 4. The fourth-order valence-corrected chi connectivity index (χ4v) is 12.4. The third kappa shape index (κ3) is 5.40. The predicted molar refractivity (Wildman–Crippen MR) is 171 cm³/mol. The molecule has 12 atom stereocenters. The summed E-state index contributed by atoms with van der Waals surface area (Å²) in [6.45, 7) is 13.4. The number of fused-ring (bicyclic) bond motifs is 8. The van der Waals surface area contributed by atoms with Crippen LogP contribution in [-0.4, -0.2) is 39.8 Å².